The summed E-state index contributed by atoms with van der Waals surface area (Å²) in [5, 5.41) is 9.36. The average Bonchev–Trinajstić information content (AvgIpc) is 2.26. The first-order valence-electron chi connectivity index (χ1n) is 6.77. The number of hydrogen-bond acceptors (Lipinski definition) is 2. The zero-order valence-corrected chi connectivity index (χ0v) is 11.7. The van der Waals surface area contributed by atoms with E-state index in [0.717, 1.165) is 17.5 Å². The maximum atomic E-state index is 12.6. The number of hydrogen-bond donors (Lipinski definition) is 1. The second-order valence-corrected chi connectivity index (χ2v) is 5.80. The lowest BCUT2D eigenvalue weighted by Gasteiger charge is -2.36. The molecule has 1 aromatic carbocycles. The van der Waals surface area contributed by atoms with Crippen LogP contribution in [0.5, 0.6) is 0 Å². The standard InChI is InChI=1S/C16H20O3/c1-10(2)12-6-5-11(3)13(9-12)14(17)16(15(18)19)7-4-8-16/h5-6,9-10H,4,7-8H2,1-3H3,(H,18,19). The second-order valence-electron chi connectivity index (χ2n) is 5.80. The summed E-state index contributed by atoms with van der Waals surface area (Å²) < 4.78 is 0. The lowest BCUT2D eigenvalue weighted by atomic mass is 9.64. The van der Waals surface area contributed by atoms with Gasteiger partial charge in [0, 0.05) is 5.56 Å². The number of aryl methyl sites for hydroxylation is 1. The first-order chi connectivity index (χ1) is 8.88. The van der Waals surface area contributed by atoms with Crippen LogP contribution in [0.2, 0.25) is 0 Å². The van der Waals surface area contributed by atoms with E-state index in [4.69, 9.17) is 0 Å². The van der Waals surface area contributed by atoms with Crippen molar-refractivity contribution < 1.29 is 14.7 Å². The Morgan fingerprint density at radius 2 is 1.89 bits per heavy atom. The van der Waals surface area contributed by atoms with Crippen molar-refractivity contribution in [1.82, 2.24) is 0 Å². The monoisotopic (exact) mass is 260 g/mol. The Hall–Kier alpha value is -1.64. The van der Waals surface area contributed by atoms with Crippen LogP contribution in [0, 0.1) is 12.3 Å². The fourth-order valence-corrected chi connectivity index (χ4v) is 2.57. The van der Waals surface area contributed by atoms with Gasteiger partial charge in [0.2, 0.25) is 0 Å². The number of rotatable bonds is 4. The van der Waals surface area contributed by atoms with E-state index >= 15 is 0 Å². The van der Waals surface area contributed by atoms with Crippen LogP contribution in [0.3, 0.4) is 0 Å². The molecule has 1 aromatic rings. The number of ketones is 1. The molecule has 102 valence electrons. The number of Topliss-reactive ketones (excluding diaryl/α,β-unsaturated/α-hetero) is 1. The highest BCUT2D eigenvalue weighted by Crippen LogP contribution is 2.44. The minimum Gasteiger partial charge on any atom is -0.480 e. The molecule has 0 unspecified atom stereocenters. The molecule has 0 atom stereocenters. The van der Waals surface area contributed by atoms with E-state index in [2.05, 4.69) is 13.8 Å². The van der Waals surface area contributed by atoms with Gasteiger partial charge in [0.25, 0.3) is 0 Å². The van der Waals surface area contributed by atoms with E-state index in [-0.39, 0.29) is 5.78 Å². The fraction of sp³-hybridized carbons (Fsp3) is 0.500. The quantitative estimate of drug-likeness (QED) is 0.665. The van der Waals surface area contributed by atoms with E-state index in [1.54, 1.807) is 0 Å². The van der Waals surface area contributed by atoms with Crippen LogP contribution < -0.4 is 0 Å². The Morgan fingerprint density at radius 3 is 2.32 bits per heavy atom. The van der Waals surface area contributed by atoms with Crippen molar-refractivity contribution >= 4 is 11.8 Å². The van der Waals surface area contributed by atoms with Crippen molar-refractivity contribution in [2.24, 2.45) is 5.41 Å². The lowest BCUT2D eigenvalue weighted by Crippen LogP contribution is -2.45. The molecule has 0 saturated heterocycles. The van der Waals surface area contributed by atoms with Gasteiger partial charge in [-0.3, -0.25) is 9.59 Å². The number of aliphatic carboxylic acids is 1. The molecule has 3 nitrogen and oxygen atoms in total. The SMILES string of the molecule is Cc1ccc(C(C)C)cc1C(=O)C1(C(=O)O)CCC1. The number of benzene rings is 1. The minimum atomic E-state index is -1.17. The summed E-state index contributed by atoms with van der Waals surface area (Å²) in [4.78, 5) is 24.0. The fourth-order valence-electron chi connectivity index (χ4n) is 2.57. The topological polar surface area (TPSA) is 54.4 Å². The molecule has 0 amide bonds. The number of carbonyl (C=O) groups is 2. The van der Waals surface area contributed by atoms with Crippen molar-refractivity contribution in [3.63, 3.8) is 0 Å². The van der Waals surface area contributed by atoms with Gasteiger partial charge in [-0.1, -0.05) is 32.4 Å². The minimum absolute atomic E-state index is 0.216. The maximum absolute atomic E-state index is 12.6. The van der Waals surface area contributed by atoms with Crippen molar-refractivity contribution in [2.45, 2.75) is 46.0 Å². The van der Waals surface area contributed by atoms with Crippen molar-refractivity contribution in [3.05, 3.63) is 34.9 Å². The molecule has 0 heterocycles. The Kier molecular flexibility index (Phi) is 3.48. The van der Waals surface area contributed by atoms with Gasteiger partial charge in [0.15, 0.2) is 5.78 Å². The molecular formula is C16H20O3. The highest BCUT2D eigenvalue weighted by atomic mass is 16.4. The zero-order chi connectivity index (χ0) is 14.2. The van der Waals surface area contributed by atoms with Crippen LogP contribution in [0.25, 0.3) is 0 Å². The van der Waals surface area contributed by atoms with Crippen molar-refractivity contribution in [3.8, 4) is 0 Å². The second kappa shape index (κ2) is 4.80. The van der Waals surface area contributed by atoms with Crippen molar-refractivity contribution in [1.29, 1.82) is 0 Å². The zero-order valence-electron chi connectivity index (χ0n) is 11.7. The molecule has 3 heteroatoms. The molecule has 2 rings (SSSR count). The van der Waals surface area contributed by atoms with Crippen LogP contribution in [0.15, 0.2) is 18.2 Å². The summed E-state index contributed by atoms with van der Waals surface area (Å²) in [6.07, 6.45) is 1.75. The molecule has 1 aliphatic carbocycles. The predicted molar refractivity (Wildman–Crippen MR) is 73.5 cm³/mol. The summed E-state index contributed by atoms with van der Waals surface area (Å²) in [5.41, 5.74) is 1.35. The lowest BCUT2D eigenvalue weighted by molar-refractivity contribution is -0.150. The molecule has 0 aliphatic heterocycles. The Labute approximate surface area is 113 Å². The summed E-state index contributed by atoms with van der Waals surface area (Å²) in [6, 6.07) is 5.78. The van der Waals surface area contributed by atoms with Crippen LogP contribution in [0.4, 0.5) is 0 Å². The normalized spacial score (nSPS) is 17.1. The van der Waals surface area contributed by atoms with Gasteiger partial charge in [-0.15, -0.1) is 0 Å². The molecule has 1 N–H and O–H groups in total. The maximum Gasteiger partial charge on any atom is 0.317 e. The van der Waals surface area contributed by atoms with Crippen molar-refractivity contribution in [2.75, 3.05) is 0 Å². The Balaban J connectivity index is 2.43. The smallest absolute Gasteiger partial charge is 0.317 e. The Bertz CT molecular complexity index is 525. The van der Waals surface area contributed by atoms with E-state index < -0.39 is 11.4 Å². The van der Waals surface area contributed by atoms with Gasteiger partial charge < -0.3 is 5.11 Å². The third-order valence-corrected chi connectivity index (χ3v) is 4.22. The van der Waals surface area contributed by atoms with Gasteiger partial charge in [0.1, 0.15) is 5.41 Å². The molecule has 0 radical (unpaired) electrons. The van der Waals surface area contributed by atoms with Crippen LogP contribution in [0.1, 0.15) is 60.5 Å². The van der Waals surface area contributed by atoms with Gasteiger partial charge in [-0.05, 0) is 42.9 Å². The molecule has 0 aromatic heterocycles. The highest BCUT2D eigenvalue weighted by Gasteiger charge is 2.51. The molecular weight excluding hydrogens is 240 g/mol. The van der Waals surface area contributed by atoms with Gasteiger partial charge in [-0.25, -0.2) is 0 Å². The number of carbonyl (C=O) groups excluding carboxylic acids is 1. The van der Waals surface area contributed by atoms with E-state index in [9.17, 15) is 14.7 Å². The summed E-state index contributed by atoms with van der Waals surface area (Å²) in [7, 11) is 0. The van der Waals surface area contributed by atoms with Gasteiger partial charge in [0.05, 0.1) is 0 Å². The van der Waals surface area contributed by atoms with E-state index in [1.165, 1.54) is 0 Å². The van der Waals surface area contributed by atoms with Gasteiger partial charge >= 0.3 is 5.97 Å². The predicted octanol–water partition coefficient (Wildman–Crippen LogP) is 3.56. The Morgan fingerprint density at radius 1 is 1.26 bits per heavy atom. The van der Waals surface area contributed by atoms with Crippen LogP contribution in [-0.2, 0) is 4.79 Å². The average molecular weight is 260 g/mol. The highest BCUT2D eigenvalue weighted by molar-refractivity contribution is 6.13. The molecule has 19 heavy (non-hydrogen) atoms. The third-order valence-electron chi connectivity index (χ3n) is 4.22. The molecule has 0 spiro atoms. The van der Waals surface area contributed by atoms with Crippen LogP contribution in [-0.4, -0.2) is 16.9 Å². The number of carboxylic acids is 1. The first-order valence-corrected chi connectivity index (χ1v) is 6.77. The summed E-state index contributed by atoms with van der Waals surface area (Å²) >= 11 is 0. The van der Waals surface area contributed by atoms with E-state index in [1.807, 2.05) is 25.1 Å². The third kappa shape index (κ3) is 2.18. The molecule has 1 fully saturated rings. The molecule has 1 saturated carbocycles. The van der Waals surface area contributed by atoms with Crippen LogP contribution >= 0.6 is 0 Å². The first kappa shape index (κ1) is 13.8. The number of carboxylic acid groups (broad SMARTS) is 1. The summed E-state index contributed by atoms with van der Waals surface area (Å²) in [5.74, 6) is -0.862. The van der Waals surface area contributed by atoms with Gasteiger partial charge in [-0.2, -0.15) is 0 Å². The molecule has 0 bridgehead atoms. The summed E-state index contributed by atoms with van der Waals surface area (Å²) in [6.45, 7) is 6.00. The largest absolute Gasteiger partial charge is 0.480 e. The molecule has 1 aliphatic rings. The van der Waals surface area contributed by atoms with E-state index in [0.29, 0.717) is 24.3 Å².